The van der Waals surface area contributed by atoms with E-state index in [9.17, 15) is 4.79 Å². The lowest BCUT2D eigenvalue weighted by atomic mass is 10.0. The number of aryl methyl sites for hydroxylation is 1. The van der Waals surface area contributed by atoms with Crippen molar-refractivity contribution in [3.63, 3.8) is 0 Å². The van der Waals surface area contributed by atoms with E-state index in [4.69, 9.17) is 0 Å². The number of nitrogens with one attached hydrogen (secondary N) is 1. The van der Waals surface area contributed by atoms with Gasteiger partial charge in [-0.1, -0.05) is 12.1 Å². The zero-order valence-electron chi connectivity index (χ0n) is 9.21. The number of aromatic amines is 1. The molecule has 17 heavy (non-hydrogen) atoms. The van der Waals surface area contributed by atoms with Crippen LogP contribution in [0.4, 0.5) is 0 Å². The summed E-state index contributed by atoms with van der Waals surface area (Å²) in [5.41, 5.74) is 2.33. The summed E-state index contributed by atoms with van der Waals surface area (Å²) in [6.07, 6.45) is 5.03. The van der Waals surface area contributed by atoms with Crippen LogP contribution in [0.25, 0.3) is 22.0 Å². The molecule has 3 rings (SSSR count). The zero-order chi connectivity index (χ0) is 11.8. The highest BCUT2D eigenvalue weighted by Crippen LogP contribution is 2.24. The van der Waals surface area contributed by atoms with Gasteiger partial charge in [0.15, 0.2) is 0 Å². The van der Waals surface area contributed by atoms with Crippen molar-refractivity contribution >= 4 is 10.9 Å². The second-order valence-corrected chi connectivity index (χ2v) is 3.83. The molecule has 5 nitrogen and oxygen atoms in total. The van der Waals surface area contributed by atoms with Crippen molar-refractivity contribution in [2.75, 3.05) is 0 Å². The summed E-state index contributed by atoms with van der Waals surface area (Å²) < 4.78 is 1.71. The first-order valence-electron chi connectivity index (χ1n) is 5.21. The van der Waals surface area contributed by atoms with Gasteiger partial charge in [0.1, 0.15) is 0 Å². The molecule has 2 aromatic heterocycles. The minimum absolute atomic E-state index is 0.130. The highest BCUT2D eigenvalue weighted by Gasteiger charge is 2.08. The number of rotatable bonds is 1. The van der Waals surface area contributed by atoms with Crippen molar-refractivity contribution in [3.05, 3.63) is 47.3 Å². The summed E-state index contributed by atoms with van der Waals surface area (Å²) in [6, 6.07) is 5.61. The molecule has 0 atom stereocenters. The molecule has 0 fully saturated rings. The first kappa shape index (κ1) is 9.77. The van der Waals surface area contributed by atoms with Crippen LogP contribution in [0.2, 0.25) is 0 Å². The lowest BCUT2D eigenvalue weighted by Gasteiger charge is -2.01. The van der Waals surface area contributed by atoms with Crippen molar-refractivity contribution in [1.82, 2.24) is 19.7 Å². The molecule has 2 heterocycles. The summed E-state index contributed by atoms with van der Waals surface area (Å²) in [5.74, 6) is 0. The van der Waals surface area contributed by atoms with Crippen LogP contribution in [-0.2, 0) is 7.05 Å². The Hall–Kier alpha value is -2.43. The lowest BCUT2D eigenvalue weighted by Crippen LogP contribution is -2.07. The average Bonchev–Trinajstić information content (AvgIpc) is 2.75. The molecule has 0 aliphatic carbocycles. The predicted octanol–water partition coefficient (Wildman–Crippen LogP) is 1.32. The number of H-pyrrole nitrogens is 1. The van der Waals surface area contributed by atoms with Gasteiger partial charge in [-0.25, -0.2) is 4.98 Å². The van der Waals surface area contributed by atoms with E-state index in [1.54, 1.807) is 10.9 Å². The van der Waals surface area contributed by atoms with Crippen molar-refractivity contribution in [1.29, 1.82) is 0 Å². The summed E-state index contributed by atoms with van der Waals surface area (Å²) in [6.45, 7) is 0. The Labute approximate surface area is 96.7 Å². The Morgan fingerprint density at radius 1 is 1.35 bits per heavy atom. The first-order chi connectivity index (χ1) is 8.25. The zero-order valence-corrected chi connectivity index (χ0v) is 9.21. The van der Waals surface area contributed by atoms with E-state index in [-0.39, 0.29) is 5.56 Å². The molecular formula is C12H10N4O. The fourth-order valence-corrected chi connectivity index (χ4v) is 1.92. The van der Waals surface area contributed by atoms with Crippen molar-refractivity contribution in [3.8, 4) is 11.1 Å². The van der Waals surface area contributed by atoms with Gasteiger partial charge in [0.25, 0.3) is 5.56 Å². The normalized spacial score (nSPS) is 10.9. The Morgan fingerprint density at radius 3 is 3.00 bits per heavy atom. The SMILES string of the molecule is Cn1cc(-c2cccc3nc[nH]c(=O)c23)cn1. The van der Waals surface area contributed by atoms with Gasteiger partial charge in [-0.05, 0) is 11.6 Å². The smallest absolute Gasteiger partial charge is 0.259 e. The molecule has 0 amide bonds. The van der Waals surface area contributed by atoms with Crippen LogP contribution >= 0.6 is 0 Å². The van der Waals surface area contributed by atoms with Gasteiger partial charge in [-0.15, -0.1) is 0 Å². The molecule has 84 valence electrons. The summed E-state index contributed by atoms with van der Waals surface area (Å²) >= 11 is 0. The summed E-state index contributed by atoms with van der Waals surface area (Å²) in [4.78, 5) is 18.6. The maximum atomic E-state index is 11.9. The van der Waals surface area contributed by atoms with E-state index in [0.717, 1.165) is 11.1 Å². The third kappa shape index (κ3) is 1.52. The molecular weight excluding hydrogens is 216 g/mol. The van der Waals surface area contributed by atoms with Crippen LogP contribution in [0.15, 0.2) is 41.7 Å². The minimum atomic E-state index is -0.130. The standard InChI is InChI=1S/C12H10N4O/c1-16-6-8(5-15-16)9-3-2-4-10-11(9)12(17)14-7-13-10/h2-7H,1H3,(H,13,14,17). The topological polar surface area (TPSA) is 63.6 Å². The van der Waals surface area contributed by atoms with Gasteiger partial charge < -0.3 is 4.98 Å². The molecule has 1 N–H and O–H groups in total. The van der Waals surface area contributed by atoms with Crippen molar-refractivity contribution < 1.29 is 0 Å². The van der Waals surface area contributed by atoms with E-state index in [2.05, 4.69) is 15.1 Å². The second kappa shape index (κ2) is 3.55. The van der Waals surface area contributed by atoms with E-state index >= 15 is 0 Å². The second-order valence-electron chi connectivity index (χ2n) is 3.83. The van der Waals surface area contributed by atoms with Gasteiger partial charge >= 0.3 is 0 Å². The molecule has 3 aromatic rings. The number of nitrogens with zero attached hydrogens (tertiary/aromatic N) is 3. The van der Waals surface area contributed by atoms with Crippen molar-refractivity contribution in [2.24, 2.45) is 7.05 Å². The van der Waals surface area contributed by atoms with Gasteiger partial charge in [-0.2, -0.15) is 5.10 Å². The third-order valence-corrected chi connectivity index (χ3v) is 2.68. The maximum Gasteiger partial charge on any atom is 0.259 e. The highest BCUT2D eigenvalue weighted by molar-refractivity contribution is 5.93. The predicted molar refractivity (Wildman–Crippen MR) is 64.6 cm³/mol. The maximum absolute atomic E-state index is 11.9. The lowest BCUT2D eigenvalue weighted by molar-refractivity contribution is 0.768. The van der Waals surface area contributed by atoms with E-state index in [1.165, 1.54) is 6.33 Å². The average molecular weight is 226 g/mol. The number of hydrogen-bond acceptors (Lipinski definition) is 3. The molecule has 1 aromatic carbocycles. The largest absolute Gasteiger partial charge is 0.313 e. The monoisotopic (exact) mass is 226 g/mol. The van der Waals surface area contributed by atoms with E-state index in [1.807, 2.05) is 31.4 Å². The molecule has 5 heteroatoms. The minimum Gasteiger partial charge on any atom is -0.313 e. The number of fused-ring (bicyclic) bond motifs is 1. The number of hydrogen-bond donors (Lipinski definition) is 1. The molecule has 0 saturated carbocycles. The molecule has 0 saturated heterocycles. The highest BCUT2D eigenvalue weighted by atomic mass is 16.1. The van der Waals surface area contributed by atoms with Gasteiger partial charge in [0, 0.05) is 18.8 Å². The molecule has 0 spiro atoms. The van der Waals surface area contributed by atoms with E-state index < -0.39 is 0 Å². The van der Waals surface area contributed by atoms with Gasteiger partial charge in [0.05, 0.1) is 23.4 Å². The van der Waals surface area contributed by atoms with E-state index in [0.29, 0.717) is 10.9 Å². The van der Waals surface area contributed by atoms with Gasteiger partial charge in [-0.3, -0.25) is 9.48 Å². The Bertz CT molecular complexity index is 736. The van der Waals surface area contributed by atoms with Crippen LogP contribution in [0.3, 0.4) is 0 Å². The molecule has 0 bridgehead atoms. The van der Waals surface area contributed by atoms with Crippen LogP contribution in [0.5, 0.6) is 0 Å². The fraction of sp³-hybridized carbons (Fsp3) is 0.0833. The Balaban J connectivity index is 2.41. The number of aromatic nitrogens is 4. The fourth-order valence-electron chi connectivity index (χ4n) is 1.92. The number of benzene rings is 1. The van der Waals surface area contributed by atoms with Crippen molar-refractivity contribution in [2.45, 2.75) is 0 Å². The molecule has 0 unspecified atom stereocenters. The molecule has 0 aliphatic rings. The third-order valence-electron chi connectivity index (χ3n) is 2.68. The summed E-state index contributed by atoms with van der Waals surface area (Å²) in [7, 11) is 1.84. The summed E-state index contributed by atoms with van der Waals surface area (Å²) in [5, 5.41) is 4.71. The van der Waals surface area contributed by atoms with Crippen LogP contribution < -0.4 is 5.56 Å². The van der Waals surface area contributed by atoms with Crippen LogP contribution in [-0.4, -0.2) is 19.7 Å². The quantitative estimate of drug-likeness (QED) is 0.680. The first-order valence-corrected chi connectivity index (χ1v) is 5.21. The molecule has 0 radical (unpaired) electrons. The van der Waals surface area contributed by atoms with Crippen LogP contribution in [0, 0.1) is 0 Å². The van der Waals surface area contributed by atoms with Gasteiger partial charge in [0.2, 0.25) is 0 Å². The Morgan fingerprint density at radius 2 is 2.24 bits per heavy atom. The Kier molecular flexibility index (Phi) is 2.04. The molecule has 0 aliphatic heterocycles. The van der Waals surface area contributed by atoms with Crippen LogP contribution in [0.1, 0.15) is 0 Å².